The Bertz CT molecular complexity index is 1220. The first-order chi connectivity index (χ1) is 15.3. The molecule has 0 aliphatic rings. The first-order valence-corrected chi connectivity index (χ1v) is 10.9. The van der Waals surface area contributed by atoms with Gasteiger partial charge in [0.2, 0.25) is 0 Å². The molecule has 0 aliphatic carbocycles. The van der Waals surface area contributed by atoms with Gasteiger partial charge in [0.05, 0.1) is 30.2 Å². The van der Waals surface area contributed by atoms with E-state index in [1.165, 1.54) is 38.5 Å². The molecule has 166 valence electrons. The van der Waals surface area contributed by atoms with Gasteiger partial charge in [0.15, 0.2) is 0 Å². The zero-order valence-electron chi connectivity index (χ0n) is 17.4. The lowest BCUT2D eigenvalue weighted by Crippen LogP contribution is -2.14. The summed E-state index contributed by atoms with van der Waals surface area (Å²) in [7, 11) is -1.13. The number of carbonyl (C=O) groups excluding carboxylic acids is 2. The highest BCUT2D eigenvalue weighted by atomic mass is 32.2. The second-order valence-electron chi connectivity index (χ2n) is 6.63. The van der Waals surface area contributed by atoms with Crippen LogP contribution in [-0.2, 0) is 26.1 Å². The van der Waals surface area contributed by atoms with Crippen molar-refractivity contribution in [1.82, 2.24) is 0 Å². The van der Waals surface area contributed by atoms with Gasteiger partial charge in [-0.2, -0.15) is 0 Å². The minimum Gasteiger partial charge on any atom is -0.497 e. The van der Waals surface area contributed by atoms with Crippen LogP contribution in [0.5, 0.6) is 5.75 Å². The summed E-state index contributed by atoms with van der Waals surface area (Å²) in [5.41, 5.74) is 1.35. The zero-order valence-corrected chi connectivity index (χ0v) is 18.2. The van der Waals surface area contributed by atoms with E-state index in [0.29, 0.717) is 22.6 Å². The average Bonchev–Trinajstić information content (AvgIpc) is 2.82. The van der Waals surface area contributed by atoms with E-state index in [-0.39, 0.29) is 17.1 Å². The van der Waals surface area contributed by atoms with Crippen molar-refractivity contribution in [2.24, 2.45) is 0 Å². The summed E-state index contributed by atoms with van der Waals surface area (Å²) >= 11 is 0. The van der Waals surface area contributed by atoms with Crippen molar-refractivity contribution in [3.8, 4) is 5.75 Å². The molecule has 3 rings (SSSR count). The lowest BCUT2D eigenvalue weighted by Gasteiger charge is -2.10. The number of rotatable bonds is 8. The van der Waals surface area contributed by atoms with E-state index in [1.54, 1.807) is 48.5 Å². The lowest BCUT2D eigenvalue weighted by atomic mass is 10.1. The van der Waals surface area contributed by atoms with Crippen molar-refractivity contribution >= 4 is 27.6 Å². The van der Waals surface area contributed by atoms with Crippen molar-refractivity contribution in [3.63, 3.8) is 0 Å². The van der Waals surface area contributed by atoms with Gasteiger partial charge in [-0.15, -0.1) is 0 Å². The number of methoxy groups -OCH3 is 2. The molecule has 0 saturated heterocycles. The number of sulfonamides is 1. The standard InChI is InChI=1S/C23H21NO7S/c1-29-20-11-9-19(10-12-20)24-32(27,28)21-8-4-7-18(14-21)23(26)31-15-16-5-3-6-17(13-16)22(25)30-2/h3-14,24H,15H2,1-2H3. The Hall–Kier alpha value is -3.85. The number of carbonyl (C=O) groups is 2. The summed E-state index contributed by atoms with van der Waals surface area (Å²) < 4.78 is 42.9. The van der Waals surface area contributed by atoms with Gasteiger partial charge in [-0.25, -0.2) is 18.0 Å². The minimum absolute atomic E-state index is 0.0757. The maximum absolute atomic E-state index is 12.7. The highest BCUT2D eigenvalue weighted by molar-refractivity contribution is 7.92. The van der Waals surface area contributed by atoms with Crippen LogP contribution in [0.1, 0.15) is 26.3 Å². The molecule has 0 bridgehead atoms. The molecule has 1 N–H and O–H groups in total. The number of hydrogen-bond donors (Lipinski definition) is 1. The summed E-state index contributed by atoms with van der Waals surface area (Å²) in [6, 6.07) is 18.4. The first-order valence-electron chi connectivity index (χ1n) is 9.44. The molecule has 3 aromatic carbocycles. The van der Waals surface area contributed by atoms with E-state index in [2.05, 4.69) is 9.46 Å². The minimum atomic E-state index is -3.92. The quantitative estimate of drug-likeness (QED) is 0.517. The van der Waals surface area contributed by atoms with Gasteiger partial charge in [-0.1, -0.05) is 18.2 Å². The van der Waals surface area contributed by atoms with Crippen molar-refractivity contribution in [3.05, 3.63) is 89.5 Å². The van der Waals surface area contributed by atoms with Crippen LogP contribution in [0.4, 0.5) is 5.69 Å². The third-order valence-corrected chi connectivity index (χ3v) is 5.82. The Balaban J connectivity index is 1.70. The second kappa shape index (κ2) is 9.97. The summed E-state index contributed by atoms with van der Waals surface area (Å²) in [4.78, 5) is 24.0. The highest BCUT2D eigenvalue weighted by Crippen LogP contribution is 2.20. The zero-order chi connectivity index (χ0) is 23.1. The predicted molar refractivity (Wildman–Crippen MR) is 117 cm³/mol. The molecule has 3 aromatic rings. The van der Waals surface area contributed by atoms with Gasteiger partial charge in [-0.3, -0.25) is 4.72 Å². The fourth-order valence-corrected chi connectivity index (χ4v) is 3.91. The Morgan fingerprint density at radius 3 is 2.16 bits per heavy atom. The van der Waals surface area contributed by atoms with Crippen molar-refractivity contribution in [1.29, 1.82) is 0 Å². The van der Waals surface area contributed by atoms with Gasteiger partial charge in [0.25, 0.3) is 10.0 Å². The fraction of sp³-hybridized carbons (Fsp3) is 0.130. The molecule has 0 atom stereocenters. The molecular formula is C23H21NO7S. The van der Waals surface area contributed by atoms with Crippen molar-refractivity contribution in [2.45, 2.75) is 11.5 Å². The molecule has 0 aliphatic heterocycles. The van der Waals surface area contributed by atoms with Gasteiger partial charge < -0.3 is 14.2 Å². The third kappa shape index (κ3) is 5.64. The van der Waals surface area contributed by atoms with E-state index in [4.69, 9.17) is 9.47 Å². The fourth-order valence-electron chi connectivity index (χ4n) is 2.80. The molecule has 0 amide bonds. The van der Waals surface area contributed by atoms with Crippen LogP contribution in [0.25, 0.3) is 0 Å². The second-order valence-corrected chi connectivity index (χ2v) is 8.31. The number of ether oxygens (including phenoxy) is 3. The monoisotopic (exact) mass is 455 g/mol. The molecule has 0 saturated carbocycles. The summed E-state index contributed by atoms with van der Waals surface area (Å²) in [5, 5.41) is 0. The molecule has 0 radical (unpaired) electrons. The molecule has 0 unspecified atom stereocenters. The Morgan fingerprint density at radius 1 is 0.844 bits per heavy atom. The van der Waals surface area contributed by atoms with Crippen LogP contribution >= 0.6 is 0 Å². The van der Waals surface area contributed by atoms with Gasteiger partial charge in [0, 0.05) is 5.69 Å². The molecule has 0 fully saturated rings. The molecule has 32 heavy (non-hydrogen) atoms. The third-order valence-electron chi connectivity index (χ3n) is 4.44. The maximum Gasteiger partial charge on any atom is 0.338 e. The normalized spacial score (nSPS) is 10.8. The lowest BCUT2D eigenvalue weighted by molar-refractivity contribution is 0.0472. The highest BCUT2D eigenvalue weighted by Gasteiger charge is 2.17. The molecule has 0 spiro atoms. The molecular weight excluding hydrogens is 434 g/mol. The SMILES string of the molecule is COC(=O)c1cccc(COC(=O)c2cccc(S(=O)(=O)Nc3ccc(OC)cc3)c2)c1. The van der Waals surface area contributed by atoms with E-state index in [1.807, 2.05) is 0 Å². The maximum atomic E-state index is 12.7. The Morgan fingerprint density at radius 2 is 1.50 bits per heavy atom. The first kappa shape index (κ1) is 22.8. The molecule has 8 nitrogen and oxygen atoms in total. The smallest absolute Gasteiger partial charge is 0.338 e. The Kier molecular flexibility index (Phi) is 7.11. The van der Waals surface area contributed by atoms with Crippen LogP contribution < -0.4 is 9.46 Å². The number of hydrogen-bond acceptors (Lipinski definition) is 7. The molecule has 0 aromatic heterocycles. The summed E-state index contributed by atoms with van der Waals surface area (Å²) in [5.74, 6) is -0.606. The number of nitrogens with one attached hydrogen (secondary N) is 1. The van der Waals surface area contributed by atoms with E-state index in [0.717, 1.165) is 0 Å². The van der Waals surface area contributed by atoms with E-state index >= 15 is 0 Å². The average molecular weight is 455 g/mol. The van der Waals surface area contributed by atoms with Gasteiger partial charge in [-0.05, 0) is 60.2 Å². The number of anilines is 1. The van der Waals surface area contributed by atoms with Crippen molar-refractivity contribution in [2.75, 3.05) is 18.9 Å². The van der Waals surface area contributed by atoms with Crippen LogP contribution in [0, 0.1) is 0 Å². The topological polar surface area (TPSA) is 108 Å². The van der Waals surface area contributed by atoms with Gasteiger partial charge >= 0.3 is 11.9 Å². The number of benzene rings is 3. The Labute approximate surface area is 185 Å². The predicted octanol–water partition coefficient (Wildman–Crippen LogP) is 3.64. The molecule has 9 heteroatoms. The van der Waals surface area contributed by atoms with E-state index in [9.17, 15) is 18.0 Å². The van der Waals surface area contributed by atoms with Crippen LogP contribution in [0.3, 0.4) is 0 Å². The van der Waals surface area contributed by atoms with Crippen molar-refractivity contribution < 1.29 is 32.2 Å². The number of esters is 2. The van der Waals surface area contributed by atoms with Gasteiger partial charge in [0.1, 0.15) is 12.4 Å². The molecule has 0 heterocycles. The van der Waals surface area contributed by atoms with Crippen LogP contribution in [0.15, 0.2) is 77.7 Å². The van der Waals surface area contributed by atoms with Crippen LogP contribution in [0.2, 0.25) is 0 Å². The van der Waals surface area contributed by atoms with E-state index < -0.39 is 22.0 Å². The van der Waals surface area contributed by atoms with Crippen LogP contribution in [-0.4, -0.2) is 34.6 Å². The largest absolute Gasteiger partial charge is 0.497 e. The summed E-state index contributed by atoms with van der Waals surface area (Å²) in [6.45, 7) is -0.0925. The summed E-state index contributed by atoms with van der Waals surface area (Å²) in [6.07, 6.45) is 0.